The number of likely N-dealkylation sites (tertiary alicyclic amines) is 1. The second-order valence-electron chi connectivity index (χ2n) is 9.09. The largest absolute Gasteiger partial charge is 0.508 e. The van der Waals surface area contributed by atoms with Crippen LogP contribution in [0.2, 0.25) is 0 Å². The Morgan fingerprint density at radius 1 is 1.31 bits per heavy atom. The minimum Gasteiger partial charge on any atom is -0.508 e. The Hall–Kier alpha value is -2.64. The van der Waals surface area contributed by atoms with Crippen molar-refractivity contribution in [2.45, 2.75) is 43.2 Å². The number of aryl methyl sites for hydroxylation is 1. The van der Waals surface area contributed by atoms with Gasteiger partial charge in [0.15, 0.2) is 0 Å². The minimum atomic E-state index is -1.08. The molecule has 29 heavy (non-hydrogen) atoms. The van der Waals surface area contributed by atoms with Gasteiger partial charge in [0.1, 0.15) is 11.3 Å². The number of nitrogens with zero attached hydrogens (tertiary/aromatic N) is 1. The van der Waals surface area contributed by atoms with Gasteiger partial charge in [-0.2, -0.15) is 0 Å². The highest BCUT2D eigenvalue weighted by Gasteiger charge is 2.69. The molecule has 1 amide bonds. The number of hydrogen-bond acceptors (Lipinski definition) is 5. The van der Waals surface area contributed by atoms with E-state index in [0.717, 1.165) is 35.3 Å². The molecule has 4 atom stereocenters. The van der Waals surface area contributed by atoms with Crippen LogP contribution in [0.1, 0.15) is 39.2 Å². The first kappa shape index (κ1) is 18.4. The van der Waals surface area contributed by atoms with E-state index in [1.807, 2.05) is 20.0 Å². The molecule has 2 aromatic rings. The summed E-state index contributed by atoms with van der Waals surface area (Å²) in [4.78, 5) is 29.1. The number of likely N-dealkylation sites (N-methyl/N-ethyl adjacent to an activating group) is 1. The predicted octanol–water partition coefficient (Wildman–Crippen LogP) is 0.589. The quantitative estimate of drug-likeness (QED) is 0.593. The fourth-order valence-electron chi connectivity index (χ4n) is 6.41. The van der Waals surface area contributed by atoms with Gasteiger partial charge in [0.2, 0.25) is 0 Å². The van der Waals surface area contributed by atoms with E-state index in [0.29, 0.717) is 18.8 Å². The van der Waals surface area contributed by atoms with E-state index in [9.17, 15) is 19.8 Å². The van der Waals surface area contributed by atoms with E-state index in [-0.39, 0.29) is 17.4 Å². The van der Waals surface area contributed by atoms with Gasteiger partial charge < -0.3 is 20.9 Å². The third-order valence-corrected chi connectivity index (χ3v) is 7.53. The number of carbonyl (C=O) groups is 1. The van der Waals surface area contributed by atoms with Crippen LogP contribution in [-0.2, 0) is 18.3 Å². The number of amides is 1. The zero-order valence-electron chi connectivity index (χ0n) is 16.5. The molecule has 1 saturated heterocycles. The van der Waals surface area contributed by atoms with E-state index in [1.54, 1.807) is 18.2 Å². The normalized spacial score (nSPS) is 32.8. The van der Waals surface area contributed by atoms with Crippen LogP contribution < -0.4 is 11.3 Å². The van der Waals surface area contributed by atoms with Crippen molar-refractivity contribution in [1.82, 2.24) is 9.88 Å². The summed E-state index contributed by atoms with van der Waals surface area (Å²) in [7, 11) is 2.02. The van der Waals surface area contributed by atoms with Crippen molar-refractivity contribution in [2.24, 2.45) is 11.7 Å². The molecule has 152 valence electrons. The number of hydrogen-bond donors (Lipinski definition) is 4. The number of carbonyl (C=O) groups excluding carboxylic acids is 1. The van der Waals surface area contributed by atoms with E-state index in [2.05, 4.69) is 9.88 Å². The number of primary amides is 1. The average molecular weight is 395 g/mol. The smallest absolute Gasteiger partial charge is 0.261 e. The maximum atomic E-state index is 12.4. The van der Waals surface area contributed by atoms with Gasteiger partial charge >= 0.3 is 0 Å². The molecule has 1 aliphatic heterocycles. The monoisotopic (exact) mass is 395 g/mol. The molecule has 1 unspecified atom stereocenters. The Kier molecular flexibility index (Phi) is 3.62. The molecule has 1 saturated carbocycles. The molecule has 2 heterocycles. The van der Waals surface area contributed by atoms with Crippen LogP contribution in [-0.4, -0.2) is 51.2 Å². The van der Waals surface area contributed by atoms with Gasteiger partial charge in [-0.05, 0) is 61.2 Å². The Morgan fingerprint density at radius 3 is 2.76 bits per heavy atom. The summed E-state index contributed by atoms with van der Waals surface area (Å²) in [5.74, 6) is -0.270. The molecule has 0 spiro atoms. The number of pyridine rings is 1. The van der Waals surface area contributed by atoms with Gasteiger partial charge in [0.05, 0.1) is 5.60 Å². The molecule has 0 bridgehead atoms. The average Bonchev–Trinajstić information content (AvgIpc) is 2.83. The maximum Gasteiger partial charge on any atom is 0.261 e. The fourth-order valence-corrected chi connectivity index (χ4v) is 6.41. The second kappa shape index (κ2) is 5.70. The highest BCUT2D eigenvalue weighted by Crippen LogP contribution is 2.61. The van der Waals surface area contributed by atoms with Crippen LogP contribution >= 0.6 is 0 Å². The third kappa shape index (κ3) is 2.25. The molecule has 7 nitrogen and oxygen atoms in total. The SMILES string of the molecule is Cc1ccc(O)cc1[C@@]12Cc3[nH]c(=O)c(C(N)=O)cc3C[C@@]1(O)[C@H]1C(CN1C)C2. The van der Waals surface area contributed by atoms with Crippen LogP contribution in [0.25, 0.3) is 0 Å². The van der Waals surface area contributed by atoms with Gasteiger partial charge in [-0.1, -0.05) is 6.07 Å². The van der Waals surface area contributed by atoms with Crippen LogP contribution in [0.4, 0.5) is 0 Å². The Morgan fingerprint density at radius 2 is 2.07 bits per heavy atom. The molecule has 7 heteroatoms. The molecule has 1 aromatic heterocycles. The van der Waals surface area contributed by atoms with Crippen LogP contribution in [0.3, 0.4) is 0 Å². The van der Waals surface area contributed by atoms with Crippen molar-refractivity contribution in [3.05, 3.63) is 62.6 Å². The first-order chi connectivity index (χ1) is 13.7. The molecule has 0 radical (unpaired) electrons. The zero-order chi connectivity index (χ0) is 20.7. The fraction of sp³-hybridized carbons (Fsp3) is 0.455. The number of aromatic nitrogens is 1. The van der Waals surface area contributed by atoms with Crippen molar-refractivity contribution in [3.63, 3.8) is 0 Å². The summed E-state index contributed by atoms with van der Waals surface area (Å²) in [6, 6.07) is 6.81. The third-order valence-electron chi connectivity index (χ3n) is 7.53. The topological polar surface area (TPSA) is 120 Å². The van der Waals surface area contributed by atoms with Crippen LogP contribution in [0.5, 0.6) is 5.75 Å². The minimum absolute atomic E-state index is 0.0126. The Balaban J connectivity index is 1.75. The van der Waals surface area contributed by atoms with Crippen molar-refractivity contribution in [2.75, 3.05) is 13.6 Å². The Labute approximate surface area is 168 Å². The number of benzene rings is 1. The van der Waals surface area contributed by atoms with Gasteiger partial charge in [0, 0.05) is 36.5 Å². The number of phenols is 1. The summed E-state index contributed by atoms with van der Waals surface area (Å²) in [6.07, 6.45) is 1.54. The van der Waals surface area contributed by atoms with Crippen LogP contribution in [0, 0.1) is 12.8 Å². The van der Waals surface area contributed by atoms with Gasteiger partial charge in [0.25, 0.3) is 11.5 Å². The number of fused-ring (bicyclic) bond motifs is 4. The highest BCUT2D eigenvalue weighted by molar-refractivity contribution is 5.92. The van der Waals surface area contributed by atoms with Crippen molar-refractivity contribution >= 4 is 5.91 Å². The summed E-state index contributed by atoms with van der Waals surface area (Å²) >= 11 is 0. The van der Waals surface area contributed by atoms with Gasteiger partial charge in [-0.15, -0.1) is 0 Å². The lowest BCUT2D eigenvalue weighted by atomic mass is 9.59. The highest BCUT2D eigenvalue weighted by atomic mass is 16.3. The molecule has 2 fully saturated rings. The predicted molar refractivity (Wildman–Crippen MR) is 107 cm³/mol. The van der Waals surface area contributed by atoms with E-state index >= 15 is 0 Å². The molecule has 5 N–H and O–H groups in total. The number of aromatic hydroxyl groups is 1. The lowest BCUT2D eigenvalue weighted by molar-refractivity contribution is -0.108. The number of phenolic OH excluding ortho intramolecular Hbond substituents is 1. The first-order valence-electron chi connectivity index (χ1n) is 9.94. The summed E-state index contributed by atoms with van der Waals surface area (Å²) in [5.41, 5.74) is 6.51. The summed E-state index contributed by atoms with van der Waals surface area (Å²) < 4.78 is 0. The van der Waals surface area contributed by atoms with Crippen LogP contribution in [0.15, 0.2) is 29.1 Å². The summed E-state index contributed by atoms with van der Waals surface area (Å²) in [5, 5.41) is 22.4. The van der Waals surface area contributed by atoms with Crippen molar-refractivity contribution in [1.29, 1.82) is 0 Å². The van der Waals surface area contributed by atoms with Crippen molar-refractivity contribution in [3.8, 4) is 5.75 Å². The molecule has 1 aromatic carbocycles. The number of nitrogens with one attached hydrogen (secondary N) is 1. The number of nitrogens with two attached hydrogens (primary N) is 1. The van der Waals surface area contributed by atoms with E-state index in [4.69, 9.17) is 5.73 Å². The number of aromatic amines is 1. The Bertz CT molecular complexity index is 1110. The van der Waals surface area contributed by atoms with E-state index in [1.165, 1.54) is 0 Å². The van der Waals surface area contributed by atoms with E-state index < -0.39 is 22.5 Å². The summed E-state index contributed by atoms with van der Waals surface area (Å²) in [6.45, 7) is 2.90. The molecule has 2 aliphatic carbocycles. The number of H-pyrrole nitrogens is 1. The number of rotatable bonds is 2. The molecule has 5 rings (SSSR count). The van der Waals surface area contributed by atoms with Gasteiger partial charge in [-0.3, -0.25) is 14.5 Å². The second-order valence-corrected chi connectivity index (χ2v) is 9.09. The zero-order valence-corrected chi connectivity index (χ0v) is 16.5. The lowest BCUT2D eigenvalue weighted by Gasteiger charge is -2.53. The maximum absolute atomic E-state index is 12.4. The first-order valence-corrected chi connectivity index (χ1v) is 9.94. The molecular formula is C22H25N3O4. The lowest BCUT2D eigenvalue weighted by Crippen LogP contribution is -2.67. The molecular weight excluding hydrogens is 370 g/mol. The van der Waals surface area contributed by atoms with Crippen molar-refractivity contribution < 1.29 is 15.0 Å². The standard InChI is InChI=1S/C22H25N3O4/c1-11-3-4-14(26)6-16(11)21-7-13-10-25(2)18(13)22(21,29)8-12-5-15(19(23)27)20(28)24-17(12)9-21/h3-6,13,18,26,29H,7-10H2,1-2H3,(H2,23,27)(H,24,28)/t13?,18-,21-,22-/m1/s1. The van der Waals surface area contributed by atoms with Gasteiger partial charge in [-0.25, -0.2) is 0 Å². The molecule has 3 aliphatic rings. The number of aliphatic hydroxyl groups is 1.